The van der Waals surface area contributed by atoms with Gasteiger partial charge in [-0.05, 0) is 52.0 Å². The molecule has 0 aliphatic carbocycles. The molecule has 4 aromatic carbocycles. The minimum absolute atomic E-state index is 0.0880. The van der Waals surface area contributed by atoms with Crippen molar-refractivity contribution in [2.24, 2.45) is 5.10 Å². The lowest BCUT2D eigenvalue weighted by atomic mass is 9.75. The molecule has 2 aliphatic rings. The fraction of sp³-hybridized carbons (Fsp3) is 0.257. The lowest BCUT2D eigenvalue weighted by Gasteiger charge is -2.42. The van der Waals surface area contributed by atoms with Gasteiger partial charge in [-0.2, -0.15) is 5.10 Å². The maximum Gasteiger partial charge on any atom is 0.278 e. The van der Waals surface area contributed by atoms with Gasteiger partial charge in [0.25, 0.3) is 11.6 Å². The number of carbonyl (C=O) groups excluding carboxylic acids is 1. The number of hydrogen-bond acceptors (Lipinski definition) is 7. The number of ether oxygens (including phenoxy) is 1. The average Bonchev–Trinajstić information content (AvgIpc) is 3.29. The van der Waals surface area contributed by atoms with E-state index >= 15 is 0 Å². The van der Waals surface area contributed by atoms with Gasteiger partial charge in [0.1, 0.15) is 17.0 Å². The molecule has 224 valence electrons. The van der Waals surface area contributed by atoms with Crippen LogP contribution in [-0.4, -0.2) is 48.2 Å². The van der Waals surface area contributed by atoms with Crippen molar-refractivity contribution in [3.63, 3.8) is 0 Å². The Morgan fingerprint density at radius 2 is 1.34 bits per heavy atom. The fourth-order valence-electron chi connectivity index (χ4n) is 6.53. The highest BCUT2D eigenvalue weighted by molar-refractivity contribution is 6.03. The van der Waals surface area contributed by atoms with Gasteiger partial charge in [-0.15, -0.1) is 0 Å². The smallest absolute Gasteiger partial charge is 0.278 e. The number of benzene rings is 4. The second-order valence-electron chi connectivity index (χ2n) is 10.7. The van der Waals surface area contributed by atoms with E-state index in [1.54, 1.807) is 18.2 Å². The number of hydrazone groups is 1. The molecule has 1 amide bonds. The minimum atomic E-state index is -1.17. The number of hydrogen-bond donors (Lipinski definition) is 0. The van der Waals surface area contributed by atoms with Gasteiger partial charge in [-0.1, -0.05) is 42.5 Å². The molecule has 0 fully saturated rings. The third kappa shape index (κ3) is 4.38. The van der Waals surface area contributed by atoms with Crippen molar-refractivity contribution in [3.05, 3.63) is 123 Å². The Labute approximate surface area is 257 Å². The monoisotopic (exact) mass is 589 g/mol. The normalized spacial score (nSPS) is 14.3. The van der Waals surface area contributed by atoms with Gasteiger partial charge >= 0.3 is 0 Å². The Bertz CT molecular complexity index is 1720. The highest BCUT2D eigenvalue weighted by Gasteiger charge is 2.57. The van der Waals surface area contributed by atoms with E-state index in [0.29, 0.717) is 22.6 Å². The van der Waals surface area contributed by atoms with E-state index < -0.39 is 10.5 Å². The van der Waals surface area contributed by atoms with Crippen molar-refractivity contribution in [3.8, 4) is 11.5 Å². The molecule has 9 heteroatoms. The zero-order valence-corrected chi connectivity index (χ0v) is 25.4. The number of carbonyl (C=O) groups is 1. The first-order chi connectivity index (χ1) is 21.4. The van der Waals surface area contributed by atoms with Crippen LogP contribution in [0.15, 0.2) is 90.0 Å². The van der Waals surface area contributed by atoms with Crippen LogP contribution in [0.1, 0.15) is 60.3 Å². The number of nitro groups is 1. The van der Waals surface area contributed by atoms with E-state index in [1.165, 1.54) is 17.3 Å². The van der Waals surface area contributed by atoms with Crippen molar-refractivity contribution in [1.29, 1.82) is 0 Å². The van der Waals surface area contributed by atoms with Crippen LogP contribution < -0.4 is 14.5 Å². The Morgan fingerprint density at radius 3 is 1.91 bits per heavy atom. The fourth-order valence-corrected chi connectivity index (χ4v) is 6.53. The summed E-state index contributed by atoms with van der Waals surface area (Å²) >= 11 is 0. The van der Waals surface area contributed by atoms with Crippen LogP contribution in [0.2, 0.25) is 0 Å². The average molecular weight is 590 g/mol. The van der Waals surface area contributed by atoms with Crippen LogP contribution >= 0.6 is 0 Å². The molecule has 2 heterocycles. The van der Waals surface area contributed by atoms with Crippen LogP contribution in [0.5, 0.6) is 11.5 Å². The Morgan fingerprint density at radius 1 is 0.795 bits per heavy atom. The summed E-state index contributed by atoms with van der Waals surface area (Å²) in [6.45, 7) is 11.8. The molecule has 0 saturated carbocycles. The molecule has 4 aromatic rings. The van der Waals surface area contributed by atoms with Crippen molar-refractivity contribution in [2.45, 2.75) is 33.2 Å². The molecule has 1 spiro atoms. The molecule has 6 rings (SSSR count). The second kappa shape index (κ2) is 11.5. The van der Waals surface area contributed by atoms with Crippen LogP contribution in [0.3, 0.4) is 0 Å². The van der Waals surface area contributed by atoms with E-state index in [-0.39, 0.29) is 11.6 Å². The molecule has 0 aromatic heterocycles. The van der Waals surface area contributed by atoms with Crippen molar-refractivity contribution in [2.75, 3.05) is 36.0 Å². The first-order valence-corrected chi connectivity index (χ1v) is 15.1. The van der Waals surface area contributed by atoms with Crippen LogP contribution in [0.25, 0.3) is 0 Å². The summed E-state index contributed by atoms with van der Waals surface area (Å²) in [6.07, 6.45) is 1.41. The topological polar surface area (TPSA) is 91.5 Å². The van der Waals surface area contributed by atoms with Gasteiger partial charge in [-0.25, -0.2) is 5.01 Å². The molecule has 0 saturated heterocycles. The molecule has 0 N–H and O–H groups in total. The molecular formula is C35H35N5O4. The van der Waals surface area contributed by atoms with Crippen LogP contribution in [0.4, 0.5) is 17.1 Å². The summed E-state index contributed by atoms with van der Waals surface area (Å²) < 4.78 is 6.70. The molecule has 0 unspecified atom stereocenters. The highest BCUT2D eigenvalue weighted by Crippen LogP contribution is 2.58. The van der Waals surface area contributed by atoms with E-state index in [2.05, 4.69) is 49.6 Å². The van der Waals surface area contributed by atoms with Crippen LogP contribution in [-0.2, 0) is 5.54 Å². The third-order valence-corrected chi connectivity index (χ3v) is 8.69. The van der Waals surface area contributed by atoms with Crippen molar-refractivity contribution >= 4 is 29.2 Å². The summed E-state index contributed by atoms with van der Waals surface area (Å²) in [7, 11) is 0. The summed E-state index contributed by atoms with van der Waals surface area (Å²) in [5.41, 5.74) is 3.92. The zero-order chi connectivity index (χ0) is 31.0. The van der Waals surface area contributed by atoms with E-state index in [4.69, 9.17) is 9.84 Å². The SMILES string of the molecule is CCN(CC)c1ccc2c(c1)Oc1cc(N(CC)CC)ccc1C21c2ccccc2C(=O)N1/N=C/c1ccccc1[N+](=O)[O-]. The lowest BCUT2D eigenvalue weighted by Crippen LogP contribution is -2.44. The number of amides is 1. The number of nitro benzene ring substituents is 1. The number of para-hydroxylation sites is 1. The van der Waals surface area contributed by atoms with E-state index in [0.717, 1.165) is 54.2 Å². The minimum Gasteiger partial charge on any atom is -0.456 e. The Balaban J connectivity index is 1.64. The summed E-state index contributed by atoms with van der Waals surface area (Å²) in [5, 5.41) is 18.0. The Hall–Kier alpha value is -5.18. The molecular weight excluding hydrogens is 554 g/mol. The molecule has 2 aliphatic heterocycles. The van der Waals surface area contributed by atoms with E-state index in [1.807, 2.05) is 48.5 Å². The van der Waals surface area contributed by atoms with Gasteiger partial charge in [-0.3, -0.25) is 14.9 Å². The van der Waals surface area contributed by atoms with Gasteiger partial charge < -0.3 is 14.5 Å². The Kier molecular flexibility index (Phi) is 7.55. The number of fused-ring (bicyclic) bond motifs is 6. The quantitative estimate of drug-likeness (QED) is 0.117. The van der Waals surface area contributed by atoms with Crippen molar-refractivity contribution in [1.82, 2.24) is 5.01 Å². The second-order valence-corrected chi connectivity index (χ2v) is 10.7. The van der Waals surface area contributed by atoms with Crippen molar-refractivity contribution < 1.29 is 14.5 Å². The molecule has 0 radical (unpaired) electrons. The predicted octanol–water partition coefficient (Wildman–Crippen LogP) is 7.17. The summed E-state index contributed by atoms with van der Waals surface area (Å²) in [5.74, 6) is 0.970. The lowest BCUT2D eigenvalue weighted by molar-refractivity contribution is -0.385. The van der Waals surface area contributed by atoms with Gasteiger partial charge in [0, 0.05) is 78.0 Å². The van der Waals surface area contributed by atoms with Gasteiger partial charge in [0.2, 0.25) is 0 Å². The molecule has 0 atom stereocenters. The van der Waals surface area contributed by atoms with E-state index in [9.17, 15) is 14.9 Å². The predicted molar refractivity (Wildman–Crippen MR) is 173 cm³/mol. The maximum absolute atomic E-state index is 14.3. The number of anilines is 2. The first kappa shape index (κ1) is 28.9. The summed E-state index contributed by atoms with van der Waals surface area (Å²) in [6, 6.07) is 26.1. The molecule has 9 nitrogen and oxygen atoms in total. The largest absolute Gasteiger partial charge is 0.456 e. The van der Waals surface area contributed by atoms with Gasteiger partial charge in [0.05, 0.1) is 16.7 Å². The molecule has 0 bridgehead atoms. The highest BCUT2D eigenvalue weighted by atomic mass is 16.6. The zero-order valence-electron chi connectivity index (χ0n) is 25.4. The number of nitrogens with zero attached hydrogens (tertiary/aromatic N) is 5. The molecule has 44 heavy (non-hydrogen) atoms. The van der Waals surface area contributed by atoms with Crippen LogP contribution in [0, 0.1) is 10.1 Å². The third-order valence-electron chi connectivity index (χ3n) is 8.69. The standard InChI is InChI=1S/C35H35N5O4/c1-5-37(6-2)25-17-19-29-32(21-25)44-33-22-26(38(7-3)8-4)18-20-30(33)35(29)28-15-11-10-14-27(28)34(41)39(35)36-23-24-13-9-12-16-31(24)40(42)43/h9-23H,5-8H2,1-4H3/b36-23+. The maximum atomic E-state index is 14.3. The van der Waals surface area contributed by atoms with Gasteiger partial charge in [0.15, 0.2) is 0 Å². The number of rotatable bonds is 9. The summed E-state index contributed by atoms with van der Waals surface area (Å²) in [4.78, 5) is 30.1. The first-order valence-electron chi connectivity index (χ1n) is 15.1.